The molecule has 5 N–H and O–H groups in total. The first-order valence-corrected chi connectivity index (χ1v) is 29.0. The Morgan fingerprint density at radius 3 is 2.21 bits per heavy atom. The predicted molar refractivity (Wildman–Crippen MR) is 290 cm³/mol. The minimum absolute atomic E-state index is 0.0371. The van der Waals surface area contributed by atoms with E-state index >= 15 is 0 Å². The number of aromatic nitrogens is 7. The Balaban J connectivity index is 0.615. The number of carbonyl (C=O) groups excluding carboxylic acids is 2. The lowest BCUT2D eigenvalue weighted by Crippen LogP contribution is -2.38. The molecule has 2 aliphatic carbocycles. The van der Waals surface area contributed by atoms with Crippen molar-refractivity contribution >= 4 is 101 Å². The average molecular weight is 1040 g/mol. The monoisotopic (exact) mass is 1040 g/mol. The molecule has 2 unspecified atom stereocenters. The number of likely N-dealkylation sites (tertiary alicyclic amines) is 1. The highest BCUT2D eigenvalue weighted by Crippen LogP contribution is 2.43. The first-order valence-electron chi connectivity index (χ1n) is 25.2. The second-order valence-corrected chi connectivity index (χ2v) is 24.1. The lowest BCUT2D eigenvalue weighted by molar-refractivity contribution is 0.0726. The second-order valence-electron chi connectivity index (χ2n) is 20.1. The van der Waals surface area contributed by atoms with Crippen LogP contribution in [0.4, 0.5) is 22.2 Å². The molecule has 5 aromatic heterocycles. The van der Waals surface area contributed by atoms with Crippen molar-refractivity contribution in [2.24, 2.45) is 11.3 Å². The van der Waals surface area contributed by atoms with Crippen LogP contribution in [0, 0.1) is 11.3 Å². The Bertz CT molecular complexity index is 3070. The molecule has 12 rings (SSSR count). The molecule has 1 spiro atoms. The maximum Gasteiger partial charge on any atom is 0.254 e. The average Bonchev–Trinajstić information content (AvgIpc) is 4.30. The van der Waals surface area contributed by atoms with Crippen molar-refractivity contribution in [2.75, 3.05) is 66.0 Å². The molecule has 5 aliphatic rings. The molecular formula is C52H58N14O2S4. The smallest absolute Gasteiger partial charge is 0.254 e. The zero-order valence-corrected chi connectivity index (χ0v) is 43.4. The molecule has 2 saturated carbocycles. The molecule has 16 nitrogen and oxygen atoms in total. The van der Waals surface area contributed by atoms with E-state index in [4.69, 9.17) is 19.9 Å². The topological polar surface area (TPSA) is 191 Å². The molecule has 3 aliphatic heterocycles. The van der Waals surface area contributed by atoms with E-state index in [-0.39, 0.29) is 23.3 Å². The van der Waals surface area contributed by atoms with Crippen molar-refractivity contribution in [3.63, 3.8) is 0 Å². The Hall–Kier alpha value is -5.67. The van der Waals surface area contributed by atoms with E-state index < -0.39 is 0 Å². The number of anilines is 4. The van der Waals surface area contributed by atoms with Crippen molar-refractivity contribution in [1.29, 1.82) is 0 Å². The first-order chi connectivity index (χ1) is 35.3. The number of fused-ring (bicyclic) bond motifs is 3. The molecule has 2 amide bonds. The van der Waals surface area contributed by atoms with Crippen molar-refractivity contribution in [3.8, 4) is 0 Å². The number of hydrogen-bond donors (Lipinski definition) is 5. The maximum absolute atomic E-state index is 14.4. The third kappa shape index (κ3) is 10.4. The van der Waals surface area contributed by atoms with Crippen LogP contribution < -0.4 is 26.6 Å². The summed E-state index contributed by atoms with van der Waals surface area (Å²) < 4.78 is 2.03. The molecule has 20 heteroatoms. The lowest BCUT2D eigenvalue weighted by Gasteiger charge is -2.28. The van der Waals surface area contributed by atoms with Crippen LogP contribution in [-0.4, -0.2) is 125 Å². The Labute approximate surface area is 435 Å². The van der Waals surface area contributed by atoms with Crippen LogP contribution in [0.15, 0.2) is 89.3 Å². The standard InChI is InChI=1S/C52H58N14O2S4/c1-69-39-23-55-48(56-24-39)61-36-8-9-37(20-36)62-51-64-42-11-6-34(19-45(42)72-51)47(68)66-30-52(13-15-53-29-52)21-38(66)28-70-40-25-57-49(58-26-40)60-35-7-4-31(17-35)22-59-50-63-41-10-5-33(18-44(41)71-50)46(67)65-16-12-32-3-2-14-54-43(32)27-65/h2-3,5-6,10-11,14,18-19,23-26,31,35-38,53H,4,7-9,12-13,15-17,20-22,27-30H2,1H3,(H,59,63)(H,62,64)(H,55,56,61)(H,57,58,60)/t31-,35-,36-,37-,38?,52?/m0/s1. The Kier molecular flexibility index (Phi) is 13.6. The highest BCUT2D eigenvalue weighted by atomic mass is 32.2. The summed E-state index contributed by atoms with van der Waals surface area (Å²) in [6.45, 7) is 4.77. The third-order valence-electron chi connectivity index (χ3n) is 15.2. The molecule has 0 radical (unpaired) electrons. The molecular weight excluding hydrogens is 981 g/mol. The van der Waals surface area contributed by atoms with Crippen molar-refractivity contribution in [3.05, 3.63) is 102 Å². The minimum Gasteiger partial charge on any atom is -0.361 e. The van der Waals surface area contributed by atoms with E-state index in [0.29, 0.717) is 54.6 Å². The van der Waals surface area contributed by atoms with Gasteiger partial charge in [-0.2, -0.15) is 0 Å². The zero-order chi connectivity index (χ0) is 48.6. The third-order valence-corrected chi connectivity index (χ3v) is 18.9. The van der Waals surface area contributed by atoms with Gasteiger partial charge in [-0.15, -0.1) is 23.5 Å². The lowest BCUT2D eigenvalue weighted by atomic mass is 9.85. The fourth-order valence-corrected chi connectivity index (χ4v) is 14.5. The number of amides is 2. The van der Waals surface area contributed by atoms with Gasteiger partial charge in [-0.25, -0.2) is 29.9 Å². The van der Waals surface area contributed by atoms with Gasteiger partial charge in [-0.05, 0) is 125 Å². The number of nitrogens with one attached hydrogen (secondary N) is 5. The van der Waals surface area contributed by atoms with Gasteiger partial charge in [0, 0.05) is 113 Å². The molecule has 2 aromatic carbocycles. The van der Waals surface area contributed by atoms with Crippen molar-refractivity contribution in [1.82, 2.24) is 50.0 Å². The van der Waals surface area contributed by atoms with Crippen LogP contribution in [0.5, 0.6) is 0 Å². The fourth-order valence-electron chi connectivity index (χ4n) is 11.3. The minimum atomic E-state index is 0.0371. The number of rotatable bonds is 15. The summed E-state index contributed by atoms with van der Waals surface area (Å²) in [6, 6.07) is 16.9. The van der Waals surface area contributed by atoms with Crippen LogP contribution in [-0.2, 0) is 13.0 Å². The number of nitrogens with zero attached hydrogens (tertiary/aromatic N) is 9. The molecule has 6 atom stereocenters. The maximum atomic E-state index is 14.4. The highest BCUT2D eigenvalue weighted by Gasteiger charge is 2.47. The van der Waals surface area contributed by atoms with Gasteiger partial charge in [0.15, 0.2) is 10.3 Å². The number of carbonyl (C=O) groups is 2. The zero-order valence-electron chi connectivity index (χ0n) is 40.2. The van der Waals surface area contributed by atoms with Gasteiger partial charge in [0.25, 0.3) is 11.8 Å². The van der Waals surface area contributed by atoms with E-state index in [1.807, 2.05) is 78.4 Å². The van der Waals surface area contributed by atoms with Crippen molar-refractivity contribution in [2.45, 2.75) is 98.3 Å². The van der Waals surface area contributed by atoms with Crippen LogP contribution in [0.3, 0.4) is 0 Å². The SMILES string of the molecule is CSc1cnc(N[C@H]2CC[C@H](Nc3nc4ccc(C(=O)N5CC6(CCNC6)CC5CSc5cnc(N[C@H]6CC[C@H](CNc7nc8ccc(C(=O)N9CCc%10cccnc%10C9)cc8s7)C6)nc5)cc4s3)C2)nc1. The summed E-state index contributed by atoms with van der Waals surface area (Å²) in [7, 11) is 0. The molecule has 72 heavy (non-hydrogen) atoms. The molecule has 7 aromatic rings. The van der Waals surface area contributed by atoms with Gasteiger partial charge in [0.05, 0.1) is 32.7 Å². The summed E-state index contributed by atoms with van der Waals surface area (Å²) in [5.41, 5.74) is 5.53. The van der Waals surface area contributed by atoms with Crippen LogP contribution >= 0.6 is 46.2 Å². The fraction of sp³-hybridized carbons (Fsp3) is 0.442. The Morgan fingerprint density at radius 2 is 1.47 bits per heavy atom. The highest BCUT2D eigenvalue weighted by molar-refractivity contribution is 7.99. The summed E-state index contributed by atoms with van der Waals surface area (Å²) >= 11 is 6.59. The van der Waals surface area contributed by atoms with Crippen LogP contribution in [0.2, 0.25) is 0 Å². The van der Waals surface area contributed by atoms with Gasteiger partial charge in [-0.1, -0.05) is 28.7 Å². The normalized spacial score (nSPS) is 23.8. The number of thiazole rings is 2. The van der Waals surface area contributed by atoms with E-state index in [2.05, 4.69) is 52.5 Å². The van der Waals surface area contributed by atoms with Gasteiger partial charge in [-0.3, -0.25) is 14.6 Å². The number of hydrogen-bond acceptors (Lipinski definition) is 18. The van der Waals surface area contributed by atoms with Gasteiger partial charge in [0.2, 0.25) is 11.9 Å². The van der Waals surface area contributed by atoms with E-state index in [1.54, 1.807) is 52.4 Å². The van der Waals surface area contributed by atoms with E-state index in [1.165, 1.54) is 5.56 Å². The van der Waals surface area contributed by atoms with Gasteiger partial charge < -0.3 is 36.4 Å². The molecule has 372 valence electrons. The largest absolute Gasteiger partial charge is 0.361 e. The van der Waals surface area contributed by atoms with Gasteiger partial charge >= 0.3 is 0 Å². The predicted octanol–water partition coefficient (Wildman–Crippen LogP) is 8.93. The summed E-state index contributed by atoms with van der Waals surface area (Å²) in [5, 5.41) is 19.7. The summed E-state index contributed by atoms with van der Waals surface area (Å²) in [5.74, 6) is 2.73. The van der Waals surface area contributed by atoms with Gasteiger partial charge in [0.1, 0.15) is 0 Å². The molecule has 4 fully saturated rings. The molecule has 2 saturated heterocycles. The molecule has 8 heterocycles. The molecule has 0 bridgehead atoms. The van der Waals surface area contributed by atoms with E-state index in [0.717, 1.165) is 141 Å². The summed E-state index contributed by atoms with van der Waals surface area (Å²) in [4.78, 5) is 66.7. The number of thioether (sulfide) groups is 2. The quantitative estimate of drug-likeness (QED) is 0.0611. The summed E-state index contributed by atoms with van der Waals surface area (Å²) in [6.07, 6.45) is 20.5. The first kappa shape index (κ1) is 47.3. The number of pyridine rings is 1. The van der Waals surface area contributed by atoms with Crippen LogP contribution in [0.25, 0.3) is 20.4 Å². The second kappa shape index (κ2) is 20.7. The van der Waals surface area contributed by atoms with Crippen molar-refractivity contribution < 1.29 is 9.59 Å². The van der Waals surface area contributed by atoms with Crippen LogP contribution in [0.1, 0.15) is 83.3 Å². The number of benzene rings is 2. The van der Waals surface area contributed by atoms with E-state index in [9.17, 15) is 9.59 Å². The Morgan fingerprint density at radius 1 is 0.792 bits per heavy atom.